The van der Waals surface area contributed by atoms with Gasteiger partial charge in [-0.1, -0.05) is 26.8 Å². The van der Waals surface area contributed by atoms with Crippen LogP contribution in [0.2, 0.25) is 0 Å². The van der Waals surface area contributed by atoms with Crippen molar-refractivity contribution in [2.24, 2.45) is 16.7 Å². The first-order valence-corrected chi connectivity index (χ1v) is 6.97. The summed E-state index contributed by atoms with van der Waals surface area (Å²) in [7, 11) is 0. The maximum absolute atomic E-state index is 10.9. The van der Waals surface area contributed by atoms with Gasteiger partial charge in [-0.15, -0.1) is 0 Å². The van der Waals surface area contributed by atoms with Crippen molar-refractivity contribution in [2.45, 2.75) is 58.3 Å². The summed E-state index contributed by atoms with van der Waals surface area (Å²) >= 11 is 0. The first kappa shape index (κ1) is 15.0. The zero-order chi connectivity index (χ0) is 14.6. The Labute approximate surface area is 114 Å². The molecule has 0 heterocycles. The number of hydrogen-bond acceptors (Lipinski definition) is 4. The van der Waals surface area contributed by atoms with Crippen LogP contribution in [0, 0.1) is 16.7 Å². The van der Waals surface area contributed by atoms with Crippen molar-refractivity contribution in [1.82, 2.24) is 0 Å². The summed E-state index contributed by atoms with van der Waals surface area (Å²) in [5, 5.41) is 41.2. The summed E-state index contributed by atoms with van der Waals surface area (Å²) in [6.07, 6.45) is 1.47. The summed E-state index contributed by atoms with van der Waals surface area (Å²) in [5.41, 5.74) is -1.82. The molecule has 4 N–H and O–H groups in total. The minimum absolute atomic E-state index is 0.191. The van der Waals surface area contributed by atoms with Crippen LogP contribution >= 0.6 is 0 Å². The SMILES string of the molecule is CC1=CC(O)C2C(C)(C)C[C@H](O)C[C@]2(C)C1(O)CO. The van der Waals surface area contributed by atoms with E-state index in [1.807, 2.05) is 20.8 Å². The average Bonchev–Trinajstić information content (AvgIpc) is 2.22. The fraction of sp³-hybridized carbons (Fsp3) is 0.867. The van der Waals surface area contributed by atoms with Gasteiger partial charge in [-0.3, -0.25) is 0 Å². The van der Waals surface area contributed by atoms with Crippen molar-refractivity contribution in [3.05, 3.63) is 11.6 Å². The molecule has 0 amide bonds. The Morgan fingerprint density at radius 3 is 2.32 bits per heavy atom. The molecule has 0 spiro atoms. The van der Waals surface area contributed by atoms with Gasteiger partial charge in [0, 0.05) is 11.3 Å². The van der Waals surface area contributed by atoms with E-state index in [9.17, 15) is 20.4 Å². The molecule has 0 aromatic rings. The molecule has 19 heavy (non-hydrogen) atoms. The third kappa shape index (κ3) is 1.88. The third-order valence-electron chi connectivity index (χ3n) is 5.54. The molecule has 2 aliphatic carbocycles. The van der Waals surface area contributed by atoms with E-state index in [0.717, 1.165) is 0 Å². The Kier molecular flexibility index (Phi) is 3.38. The van der Waals surface area contributed by atoms with E-state index in [1.54, 1.807) is 13.0 Å². The van der Waals surface area contributed by atoms with Gasteiger partial charge >= 0.3 is 0 Å². The molecule has 2 aliphatic rings. The first-order chi connectivity index (χ1) is 8.58. The molecule has 3 unspecified atom stereocenters. The van der Waals surface area contributed by atoms with Crippen LogP contribution in [0.3, 0.4) is 0 Å². The molecule has 4 heteroatoms. The Bertz CT molecular complexity index is 403. The molecular weight excluding hydrogens is 244 g/mol. The van der Waals surface area contributed by atoms with E-state index in [0.29, 0.717) is 18.4 Å². The lowest BCUT2D eigenvalue weighted by Gasteiger charge is -2.61. The molecular formula is C15H26O4. The molecule has 4 nitrogen and oxygen atoms in total. The predicted molar refractivity (Wildman–Crippen MR) is 72.4 cm³/mol. The number of aliphatic hydroxyl groups excluding tert-OH is 3. The highest BCUT2D eigenvalue weighted by molar-refractivity contribution is 5.30. The van der Waals surface area contributed by atoms with Crippen molar-refractivity contribution in [3.8, 4) is 0 Å². The van der Waals surface area contributed by atoms with E-state index in [1.165, 1.54) is 0 Å². The fourth-order valence-electron chi connectivity index (χ4n) is 4.80. The number of fused-ring (bicyclic) bond motifs is 1. The van der Waals surface area contributed by atoms with Gasteiger partial charge in [0.2, 0.25) is 0 Å². The van der Waals surface area contributed by atoms with Crippen molar-refractivity contribution in [1.29, 1.82) is 0 Å². The van der Waals surface area contributed by atoms with Crippen LogP contribution in [-0.4, -0.2) is 44.8 Å². The van der Waals surface area contributed by atoms with Gasteiger partial charge in [-0.05, 0) is 30.8 Å². The number of aliphatic hydroxyl groups is 4. The van der Waals surface area contributed by atoms with Crippen molar-refractivity contribution >= 4 is 0 Å². The molecule has 0 aromatic heterocycles. The maximum Gasteiger partial charge on any atom is 0.114 e. The second-order valence-electron chi connectivity index (χ2n) is 7.30. The Morgan fingerprint density at radius 1 is 1.21 bits per heavy atom. The normalized spacial score (nSPS) is 49.5. The van der Waals surface area contributed by atoms with E-state index in [-0.39, 0.29) is 11.3 Å². The number of hydrogen-bond donors (Lipinski definition) is 4. The fourth-order valence-corrected chi connectivity index (χ4v) is 4.80. The molecule has 0 aliphatic heterocycles. The minimum atomic E-state index is -1.38. The second-order valence-corrected chi connectivity index (χ2v) is 7.30. The van der Waals surface area contributed by atoms with E-state index in [4.69, 9.17) is 0 Å². The van der Waals surface area contributed by atoms with Gasteiger partial charge in [0.15, 0.2) is 0 Å². The Balaban J connectivity index is 2.61. The molecule has 110 valence electrons. The summed E-state index contributed by atoms with van der Waals surface area (Å²) in [6.45, 7) is 7.23. The third-order valence-corrected chi connectivity index (χ3v) is 5.54. The highest BCUT2D eigenvalue weighted by Gasteiger charge is 2.63. The van der Waals surface area contributed by atoms with Crippen LogP contribution in [0.15, 0.2) is 11.6 Å². The largest absolute Gasteiger partial charge is 0.393 e. The van der Waals surface area contributed by atoms with Crippen molar-refractivity contribution in [2.75, 3.05) is 6.61 Å². The monoisotopic (exact) mass is 270 g/mol. The molecule has 5 atom stereocenters. The van der Waals surface area contributed by atoms with Crippen LogP contribution in [0.5, 0.6) is 0 Å². The smallest absolute Gasteiger partial charge is 0.114 e. The quantitative estimate of drug-likeness (QED) is 0.532. The highest BCUT2D eigenvalue weighted by atomic mass is 16.3. The lowest BCUT2D eigenvalue weighted by atomic mass is 9.46. The molecule has 1 saturated carbocycles. The highest BCUT2D eigenvalue weighted by Crippen LogP contribution is 2.60. The lowest BCUT2D eigenvalue weighted by molar-refractivity contribution is -0.205. The molecule has 0 saturated heterocycles. The minimum Gasteiger partial charge on any atom is -0.393 e. The van der Waals surface area contributed by atoms with E-state index in [2.05, 4.69) is 0 Å². The maximum atomic E-state index is 10.9. The van der Waals surface area contributed by atoms with Gasteiger partial charge in [0.05, 0.1) is 18.8 Å². The topological polar surface area (TPSA) is 80.9 Å². The summed E-state index contributed by atoms with van der Waals surface area (Å²) in [6, 6.07) is 0. The van der Waals surface area contributed by atoms with Gasteiger partial charge in [0.25, 0.3) is 0 Å². The van der Waals surface area contributed by atoms with Crippen LogP contribution < -0.4 is 0 Å². The van der Waals surface area contributed by atoms with E-state index >= 15 is 0 Å². The average molecular weight is 270 g/mol. The Hall–Kier alpha value is -0.420. The van der Waals surface area contributed by atoms with E-state index < -0.39 is 29.8 Å². The summed E-state index contributed by atoms with van der Waals surface area (Å²) in [4.78, 5) is 0. The second kappa shape index (κ2) is 4.29. The van der Waals surface area contributed by atoms with Gasteiger partial charge < -0.3 is 20.4 Å². The lowest BCUT2D eigenvalue weighted by Crippen LogP contribution is -2.66. The molecule has 0 bridgehead atoms. The van der Waals surface area contributed by atoms with Crippen LogP contribution in [-0.2, 0) is 0 Å². The molecule has 2 rings (SSSR count). The van der Waals surface area contributed by atoms with Gasteiger partial charge in [0.1, 0.15) is 5.60 Å². The molecule has 1 fully saturated rings. The standard InChI is InChI=1S/C15H26O4/c1-9-5-11(18)12-13(2,3)6-10(17)7-14(12,4)15(9,19)8-16/h5,10-12,16-19H,6-8H2,1-4H3/t10-,11?,12?,14-,15?/m0/s1. The van der Waals surface area contributed by atoms with Gasteiger partial charge in [-0.2, -0.15) is 0 Å². The number of rotatable bonds is 1. The summed E-state index contributed by atoms with van der Waals surface area (Å²) < 4.78 is 0. The van der Waals surface area contributed by atoms with Crippen molar-refractivity contribution < 1.29 is 20.4 Å². The van der Waals surface area contributed by atoms with Crippen LogP contribution in [0.1, 0.15) is 40.5 Å². The molecule has 0 aromatic carbocycles. The molecule has 0 radical (unpaired) electrons. The van der Waals surface area contributed by atoms with Crippen LogP contribution in [0.4, 0.5) is 0 Å². The summed E-state index contributed by atoms with van der Waals surface area (Å²) in [5.74, 6) is -0.191. The van der Waals surface area contributed by atoms with Gasteiger partial charge in [-0.25, -0.2) is 0 Å². The predicted octanol–water partition coefficient (Wildman–Crippen LogP) is 0.834. The zero-order valence-electron chi connectivity index (χ0n) is 12.2. The Morgan fingerprint density at radius 2 is 1.79 bits per heavy atom. The zero-order valence-corrected chi connectivity index (χ0v) is 12.2. The first-order valence-electron chi connectivity index (χ1n) is 6.97. The van der Waals surface area contributed by atoms with Crippen molar-refractivity contribution in [3.63, 3.8) is 0 Å². The van der Waals surface area contributed by atoms with Crippen LogP contribution in [0.25, 0.3) is 0 Å².